The number of rotatable bonds is 6. The predicted octanol–water partition coefficient (Wildman–Crippen LogP) is 0.999. The van der Waals surface area contributed by atoms with E-state index in [9.17, 15) is 0 Å². The van der Waals surface area contributed by atoms with Gasteiger partial charge in [0.1, 0.15) is 11.0 Å². The minimum Gasteiger partial charge on any atom is -0.313 e. The highest BCUT2D eigenvalue weighted by molar-refractivity contribution is 5.74. The van der Waals surface area contributed by atoms with Crippen molar-refractivity contribution in [2.45, 2.75) is 13.0 Å². The highest BCUT2D eigenvalue weighted by atomic mass is 15.3. The Labute approximate surface area is 101 Å². The molecule has 0 saturated heterocycles. The second kappa shape index (κ2) is 5.75. The van der Waals surface area contributed by atoms with Crippen LogP contribution in [0.3, 0.4) is 0 Å². The molecule has 1 heterocycles. The lowest BCUT2D eigenvalue weighted by atomic mass is 10.2. The van der Waals surface area contributed by atoms with Crippen LogP contribution in [0, 0.1) is 0 Å². The van der Waals surface area contributed by atoms with Crippen molar-refractivity contribution in [1.29, 1.82) is 0 Å². The van der Waals surface area contributed by atoms with Crippen LogP contribution < -0.4 is 5.32 Å². The zero-order valence-electron chi connectivity index (χ0n) is 10.4. The predicted molar refractivity (Wildman–Crippen MR) is 68.8 cm³/mol. The lowest BCUT2D eigenvalue weighted by Gasteiger charge is -2.09. The fourth-order valence-corrected chi connectivity index (χ4v) is 1.75. The molecule has 0 radical (unpaired) electrons. The van der Waals surface area contributed by atoms with Gasteiger partial charge >= 0.3 is 0 Å². The number of nitrogens with one attached hydrogen (secondary N) is 2. The lowest BCUT2D eigenvalue weighted by molar-refractivity contribution is 0.394. The third-order valence-corrected chi connectivity index (χ3v) is 2.67. The third kappa shape index (κ3) is 3.51. The quantitative estimate of drug-likeness (QED) is 0.731. The average molecular weight is 233 g/mol. The number of aromatic amines is 1. The topological polar surface area (TPSA) is 56.8 Å². The number of nitrogens with zero attached hydrogens (tertiary/aromatic N) is 3. The number of aromatic nitrogens is 3. The summed E-state index contributed by atoms with van der Waals surface area (Å²) in [5.41, 5.74) is 3.09. The Morgan fingerprint density at radius 3 is 2.88 bits per heavy atom. The summed E-state index contributed by atoms with van der Waals surface area (Å²) in [6.45, 7) is 3.04. The first-order valence-electron chi connectivity index (χ1n) is 5.90. The van der Waals surface area contributed by atoms with Gasteiger partial charge < -0.3 is 10.2 Å². The largest absolute Gasteiger partial charge is 0.313 e. The van der Waals surface area contributed by atoms with Gasteiger partial charge in [-0.2, -0.15) is 15.4 Å². The van der Waals surface area contributed by atoms with E-state index in [1.165, 1.54) is 12.0 Å². The number of benzene rings is 1. The minimum atomic E-state index is 0.885. The molecule has 5 heteroatoms. The zero-order valence-corrected chi connectivity index (χ0v) is 10.4. The van der Waals surface area contributed by atoms with Gasteiger partial charge in [-0.15, -0.1) is 0 Å². The number of H-pyrrole nitrogens is 1. The number of hydrogen-bond acceptors (Lipinski definition) is 4. The molecule has 5 nitrogen and oxygen atoms in total. The van der Waals surface area contributed by atoms with Gasteiger partial charge in [0.25, 0.3) is 0 Å². The van der Waals surface area contributed by atoms with Gasteiger partial charge in [-0.25, -0.2) is 0 Å². The zero-order chi connectivity index (χ0) is 12.1. The Kier molecular flexibility index (Phi) is 4.06. The van der Waals surface area contributed by atoms with Crippen LogP contribution in [0.5, 0.6) is 0 Å². The molecule has 0 aliphatic rings. The van der Waals surface area contributed by atoms with Crippen molar-refractivity contribution < 1.29 is 0 Å². The van der Waals surface area contributed by atoms with E-state index >= 15 is 0 Å². The molecule has 1 aromatic carbocycles. The van der Waals surface area contributed by atoms with Gasteiger partial charge in [0.2, 0.25) is 0 Å². The van der Waals surface area contributed by atoms with Crippen molar-refractivity contribution in [2.75, 3.05) is 27.2 Å². The van der Waals surface area contributed by atoms with Crippen molar-refractivity contribution in [3.05, 3.63) is 23.8 Å². The van der Waals surface area contributed by atoms with E-state index in [4.69, 9.17) is 0 Å². The van der Waals surface area contributed by atoms with Crippen LogP contribution in [0.25, 0.3) is 11.0 Å². The maximum absolute atomic E-state index is 4.08. The third-order valence-electron chi connectivity index (χ3n) is 2.67. The second-order valence-corrected chi connectivity index (χ2v) is 4.48. The van der Waals surface area contributed by atoms with Crippen LogP contribution in [0.1, 0.15) is 12.0 Å². The van der Waals surface area contributed by atoms with Crippen LogP contribution in [0.4, 0.5) is 0 Å². The molecule has 0 bridgehead atoms. The Morgan fingerprint density at radius 1 is 1.24 bits per heavy atom. The molecule has 2 rings (SSSR count). The highest BCUT2D eigenvalue weighted by Gasteiger charge is 1.99. The maximum atomic E-state index is 4.08. The molecule has 1 aromatic heterocycles. The fourth-order valence-electron chi connectivity index (χ4n) is 1.75. The van der Waals surface area contributed by atoms with Crippen LogP contribution >= 0.6 is 0 Å². The SMILES string of the molecule is CN(C)CCCNCc1ccc2n[nH]nc2c1. The first kappa shape index (κ1) is 12.0. The molecular formula is C12H19N5. The summed E-state index contributed by atoms with van der Waals surface area (Å²) in [4.78, 5) is 2.20. The Morgan fingerprint density at radius 2 is 2.06 bits per heavy atom. The van der Waals surface area contributed by atoms with Gasteiger partial charge in [-0.05, 0) is 51.3 Å². The molecule has 0 aliphatic carbocycles. The molecule has 2 N–H and O–H groups in total. The maximum Gasteiger partial charge on any atom is 0.113 e. The molecular weight excluding hydrogens is 214 g/mol. The minimum absolute atomic E-state index is 0.885. The summed E-state index contributed by atoms with van der Waals surface area (Å²) in [6, 6.07) is 6.15. The molecule has 0 spiro atoms. The van der Waals surface area contributed by atoms with E-state index < -0.39 is 0 Å². The number of hydrogen-bond donors (Lipinski definition) is 2. The first-order valence-corrected chi connectivity index (χ1v) is 5.90. The highest BCUT2D eigenvalue weighted by Crippen LogP contribution is 2.10. The summed E-state index contributed by atoms with van der Waals surface area (Å²) < 4.78 is 0. The Hall–Kier alpha value is -1.46. The lowest BCUT2D eigenvalue weighted by Crippen LogP contribution is -2.20. The standard InChI is InChI=1S/C12H19N5/c1-17(2)7-3-6-13-9-10-4-5-11-12(8-10)15-16-14-11/h4-5,8,13H,3,6-7,9H2,1-2H3,(H,14,15,16). The van der Waals surface area contributed by atoms with Crippen molar-refractivity contribution in [1.82, 2.24) is 25.6 Å². The Bertz CT molecular complexity index is 463. The second-order valence-electron chi connectivity index (χ2n) is 4.48. The molecule has 0 aliphatic heterocycles. The first-order chi connectivity index (χ1) is 8.25. The van der Waals surface area contributed by atoms with Gasteiger partial charge in [0, 0.05) is 6.54 Å². The van der Waals surface area contributed by atoms with Crippen LogP contribution in [0.15, 0.2) is 18.2 Å². The molecule has 0 atom stereocenters. The molecule has 0 fully saturated rings. The van der Waals surface area contributed by atoms with E-state index in [-0.39, 0.29) is 0 Å². The monoisotopic (exact) mass is 233 g/mol. The molecule has 2 aromatic rings. The molecule has 17 heavy (non-hydrogen) atoms. The van der Waals surface area contributed by atoms with E-state index in [2.05, 4.69) is 51.9 Å². The van der Waals surface area contributed by atoms with E-state index in [0.717, 1.165) is 30.7 Å². The average Bonchev–Trinajstić information content (AvgIpc) is 2.75. The van der Waals surface area contributed by atoms with Crippen molar-refractivity contribution in [3.63, 3.8) is 0 Å². The normalized spacial score (nSPS) is 11.5. The van der Waals surface area contributed by atoms with Gasteiger partial charge in [0.05, 0.1) is 0 Å². The number of fused-ring (bicyclic) bond motifs is 1. The van der Waals surface area contributed by atoms with E-state index in [1.54, 1.807) is 0 Å². The van der Waals surface area contributed by atoms with Crippen LogP contribution in [0.2, 0.25) is 0 Å². The van der Waals surface area contributed by atoms with Crippen molar-refractivity contribution in [3.8, 4) is 0 Å². The summed E-state index contributed by atoms with van der Waals surface area (Å²) in [7, 11) is 4.19. The van der Waals surface area contributed by atoms with Crippen molar-refractivity contribution >= 4 is 11.0 Å². The van der Waals surface area contributed by atoms with Gasteiger partial charge in [-0.1, -0.05) is 6.07 Å². The van der Waals surface area contributed by atoms with Crippen molar-refractivity contribution in [2.24, 2.45) is 0 Å². The Balaban J connectivity index is 1.78. The molecule has 0 amide bonds. The fraction of sp³-hybridized carbons (Fsp3) is 0.500. The molecule has 92 valence electrons. The summed E-state index contributed by atoms with van der Waals surface area (Å²) in [5.74, 6) is 0. The summed E-state index contributed by atoms with van der Waals surface area (Å²) in [5, 5.41) is 14.2. The van der Waals surface area contributed by atoms with E-state index in [1.807, 2.05) is 6.07 Å². The summed E-state index contributed by atoms with van der Waals surface area (Å²) in [6.07, 6.45) is 1.17. The van der Waals surface area contributed by atoms with Crippen LogP contribution in [-0.2, 0) is 6.54 Å². The molecule has 0 saturated carbocycles. The smallest absolute Gasteiger partial charge is 0.113 e. The van der Waals surface area contributed by atoms with Gasteiger partial charge in [-0.3, -0.25) is 0 Å². The molecule has 0 unspecified atom stereocenters. The van der Waals surface area contributed by atoms with E-state index in [0.29, 0.717) is 0 Å². The summed E-state index contributed by atoms with van der Waals surface area (Å²) >= 11 is 0. The van der Waals surface area contributed by atoms with Crippen LogP contribution in [-0.4, -0.2) is 47.5 Å². The van der Waals surface area contributed by atoms with Gasteiger partial charge in [0.15, 0.2) is 0 Å².